The van der Waals surface area contributed by atoms with E-state index >= 15 is 0 Å². The molecule has 14 heteroatoms. The molecule has 0 aromatic heterocycles. The van der Waals surface area contributed by atoms with E-state index in [9.17, 15) is 28.8 Å². The summed E-state index contributed by atoms with van der Waals surface area (Å²) in [7, 11) is 0. The van der Waals surface area contributed by atoms with Gasteiger partial charge in [-0.15, -0.1) is 0 Å². The average Bonchev–Trinajstić information content (AvgIpc) is 3.24. The molecule has 2 aliphatic carbocycles. The third-order valence-corrected chi connectivity index (χ3v) is 12.1. The molecule has 0 unspecified atom stereocenters. The van der Waals surface area contributed by atoms with Crippen LogP contribution in [0.3, 0.4) is 0 Å². The van der Waals surface area contributed by atoms with E-state index in [1.54, 1.807) is 91.0 Å². The Morgan fingerprint density at radius 3 is 1.17 bits per heavy atom. The number of imide groups is 4. The SMILES string of the molecule is O=C1C(=Cc2ccc(Cl)cc2Cl)C(=O)N(C2CCCCC2)C(=O)N1C1CCCCC1.O=C1C(=Cc2ccc(Cl)cc2Cl)C(=O)N(c2ccccc2)C(=O)N1c1ccccc1. The summed E-state index contributed by atoms with van der Waals surface area (Å²) in [6, 6.07) is 25.0. The van der Waals surface area contributed by atoms with Crippen LogP contribution in [0.5, 0.6) is 0 Å². The van der Waals surface area contributed by atoms with E-state index in [2.05, 4.69) is 0 Å². The van der Waals surface area contributed by atoms with Crippen LogP contribution in [0.1, 0.15) is 75.3 Å². The van der Waals surface area contributed by atoms with Gasteiger partial charge in [0.1, 0.15) is 11.1 Å². The zero-order valence-electron chi connectivity index (χ0n) is 32.4. The number of benzene rings is 4. The molecule has 4 aromatic carbocycles. The van der Waals surface area contributed by atoms with E-state index in [4.69, 9.17) is 46.4 Å². The summed E-state index contributed by atoms with van der Waals surface area (Å²) in [5.74, 6) is -2.46. The highest BCUT2D eigenvalue weighted by molar-refractivity contribution is 6.46. The minimum atomic E-state index is -0.748. The van der Waals surface area contributed by atoms with Crippen LogP contribution in [0.2, 0.25) is 20.1 Å². The lowest BCUT2D eigenvalue weighted by Crippen LogP contribution is -2.62. The normalized spacial score (nSPS) is 18.2. The Morgan fingerprint density at radius 1 is 0.433 bits per heavy atom. The van der Waals surface area contributed by atoms with Crippen LogP contribution < -0.4 is 9.80 Å². The summed E-state index contributed by atoms with van der Waals surface area (Å²) in [4.78, 5) is 84.5. The lowest BCUT2D eigenvalue weighted by atomic mass is 9.90. The zero-order chi connectivity index (χ0) is 42.5. The van der Waals surface area contributed by atoms with Crippen molar-refractivity contribution < 1.29 is 28.8 Å². The Balaban J connectivity index is 0.000000181. The van der Waals surface area contributed by atoms with E-state index in [0.29, 0.717) is 37.6 Å². The molecular weight excluding hydrogens is 846 g/mol. The van der Waals surface area contributed by atoms with Gasteiger partial charge in [0.15, 0.2) is 0 Å². The quantitative estimate of drug-likeness (QED) is 0.141. The fraction of sp³-hybridized carbons (Fsp3) is 0.261. The molecule has 4 fully saturated rings. The summed E-state index contributed by atoms with van der Waals surface area (Å²) in [5, 5.41) is 1.55. The zero-order valence-corrected chi connectivity index (χ0v) is 35.4. The highest BCUT2D eigenvalue weighted by atomic mass is 35.5. The lowest BCUT2D eigenvalue weighted by Gasteiger charge is -2.43. The topological polar surface area (TPSA) is 115 Å². The Morgan fingerprint density at radius 2 is 0.800 bits per heavy atom. The molecule has 2 saturated carbocycles. The fourth-order valence-electron chi connectivity index (χ4n) is 7.97. The third kappa shape index (κ3) is 9.07. The van der Waals surface area contributed by atoms with Gasteiger partial charge in [-0.2, -0.15) is 0 Å². The Kier molecular flexibility index (Phi) is 13.6. The summed E-state index contributed by atoms with van der Waals surface area (Å²) in [6.07, 6.45) is 12.2. The number of amides is 8. The van der Waals surface area contributed by atoms with E-state index in [-0.39, 0.29) is 28.3 Å². The first-order valence-corrected chi connectivity index (χ1v) is 21.3. The largest absolute Gasteiger partial charge is 0.343 e. The molecule has 0 bridgehead atoms. The van der Waals surface area contributed by atoms with E-state index < -0.39 is 35.7 Å². The maximum absolute atomic E-state index is 13.4. The smallest absolute Gasteiger partial charge is 0.268 e. The van der Waals surface area contributed by atoms with Crippen LogP contribution in [0.4, 0.5) is 21.0 Å². The summed E-state index contributed by atoms with van der Waals surface area (Å²) in [6.45, 7) is 0. The molecule has 2 heterocycles. The van der Waals surface area contributed by atoms with Gasteiger partial charge in [-0.25, -0.2) is 19.4 Å². The van der Waals surface area contributed by atoms with Gasteiger partial charge in [-0.3, -0.25) is 29.0 Å². The number of urea groups is 2. The average molecular weight is 887 g/mol. The highest BCUT2D eigenvalue weighted by Crippen LogP contribution is 2.35. The second-order valence-electron chi connectivity index (χ2n) is 14.9. The van der Waals surface area contributed by atoms with Crippen molar-refractivity contribution in [2.75, 3.05) is 9.80 Å². The van der Waals surface area contributed by atoms with Crippen LogP contribution in [-0.2, 0) is 19.2 Å². The summed E-state index contributed by atoms with van der Waals surface area (Å²) < 4.78 is 0. The molecule has 308 valence electrons. The Bertz CT molecular complexity index is 2290. The van der Waals surface area contributed by atoms with Crippen LogP contribution in [0.15, 0.2) is 108 Å². The van der Waals surface area contributed by atoms with Gasteiger partial charge in [-0.1, -0.05) is 133 Å². The Labute approximate surface area is 367 Å². The number of rotatable bonds is 6. The number of anilines is 2. The van der Waals surface area contributed by atoms with Crippen molar-refractivity contribution in [3.05, 3.63) is 139 Å². The molecule has 10 nitrogen and oxygen atoms in total. The van der Waals surface area contributed by atoms with E-state index in [1.165, 1.54) is 28.0 Å². The number of carbonyl (C=O) groups excluding carboxylic acids is 6. The molecule has 2 aliphatic heterocycles. The molecule has 4 aromatic rings. The predicted molar refractivity (Wildman–Crippen MR) is 235 cm³/mol. The number of nitrogens with zero attached hydrogens (tertiary/aromatic N) is 4. The van der Waals surface area contributed by atoms with Crippen molar-refractivity contribution in [3.8, 4) is 0 Å². The molecule has 0 spiro atoms. The van der Waals surface area contributed by atoms with Crippen LogP contribution in [0.25, 0.3) is 12.2 Å². The maximum atomic E-state index is 13.4. The molecule has 2 saturated heterocycles. The van der Waals surface area contributed by atoms with E-state index in [1.807, 2.05) is 0 Å². The number of carbonyl (C=O) groups is 6. The molecule has 8 rings (SSSR count). The number of halogens is 4. The van der Waals surface area contributed by atoms with Crippen molar-refractivity contribution >= 4 is 106 Å². The minimum absolute atomic E-state index is 0.00923. The van der Waals surface area contributed by atoms with Gasteiger partial charge in [0.2, 0.25) is 0 Å². The first-order chi connectivity index (χ1) is 28.9. The minimum Gasteiger partial charge on any atom is -0.268 e. The van der Waals surface area contributed by atoms with Crippen LogP contribution >= 0.6 is 46.4 Å². The first kappa shape index (κ1) is 42.8. The maximum Gasteiger partial charge on any atom is 0.343 e. The van der Waals surface area contributed by atoms with Crippen molar-refractivity contribution in [2.45, 2.75) is 76.3 Å². The monoisotopic (exact) mass is 884 g/mol. The number of barbiturate groups is 2. The third-order valence-electron chi connectivity index (χ3n) is 11.0. The molecule has 0 N–H and O–H groups in total. The molecule has 4 aliphatic rings. The predicted octanol–water partition coefficient (Wildman–Crippen LogP) is 11.4. The second-order valence-corrected chi connectivity index (χ2v) is 16.6. The molecule has 0 atom stereocenters. The van der Waals surface area contributed by atoms with Gasteiger partial charge in [-0.05, 0) is 97.5 Å². The molecular formula is C46H40Cl4N4O6. The van der Waals surface area contributed by atoms with Crippen molar-refractivity contribution in [1.82, 2.24) is 9.80 Å². The van der Waals surface area contributed by atoms with Gasteiger partial charge in [0.25, 0.3) is 23.6 Å². The Hall–Kier alpha value is -5.26. The summed E-state index contributed by atoms with van der Waals surface area (Å²) in [5.41, 5.74) is 1.51. The number of hydrogen-bond donors (Lipinski definition) is 0. The molecule has 8 amide bonds. The number of hydrogen-bond acceptors (Lipinski definition) is 6. The van der Waals surface area contributed by atoms with E-state index in [0.717, 1.165) is 74.0 Å². The van der Waals surface area contributed by atoms with Crippen molar-refractivity contribution in [1.29, 1.82) is 0 Å². The number of para-hydroxylation sites is 2. The van der Waals surface area contributed by atoms with Gasteiger partial charge < -0.3 is 0 Å². The van der Waals surface area contributed by atoms with Crippen molar-refractivity contribution in [3.63, 3.8) is 0 Å². The van der Waals surface area contributed by atoms with Gasteiger partial charge in [0.05, 0.1) is 11.4 Å². The lowest BCUT2D eigenvalue weighted by molar-refractivity contribution is -0.139. The van der Waals surface area contributed by atoms with Crippen molar-refractivity contribution in [2.24, 2.45) is 0 Å². The highest BCUT2D eigenvalue weighted by Gasteiger charge is 2.48. The van der Waals surface area contributed by atoms with Crippen LogP contribution in [0, 0.1) is 0 Å². The summed E-state index contributed by atoms with van der Waals surface area (Å²) >= 11 is 24.5. The van der Waals surface area contributed by atoms with Gasteiger partial charge in [0, 0.05) is 32.2 Å². The second kappa shape index (κ2) is 19.0. The molecule has 0 radical (unpaired) electrons. The first-order valence-electron chi connectivity index (χ1n) is 19.8. The molecule has 60 heavy (non-hydrogen) atoms. The fourth-order valence-corrected chi connectivity index (χ4v) is 8.90. The van der Waals surface area contributed by atoms with Gasteiger partial charge >= 0.3 is 12.1 Å². The van der Waals surface area contributed by atoms with Crippen LogP contribution in [-0.4, -0.2) is 57.6 Å². The standard InChI is InChI=1S/C23H26Cl2N2O3.C23H14Cl2N2O3/c2*24-16-12-11-15(20(25)14-16)13-19-21(28)26(17-7-3-1-4-8-17)23(30)27(22(19)29)18-9-5-2-6-10-18/h11-14,17-18H,1-10H2;1-14H.